The lowest BCUT2D eigenvalue weighted by atomic mass is 9.97. The number of anilines is 2. The summed E-state index contributed by atoms with van der Waals surface area (Å²) in [6, 6.07) is 6.74. The van der Waals surface area contributed by atoms with Crippen molar-refractivity contribution in [3.05, 3.63) is 41.6 Å². The highest BCUT2D eigenvalue weighted by Gasteiger charge is 2.34. The first-order valence-corrected chi connectivity index (χ1v) is 11.5. The first kappa shape index (κ1) is 21.3. The van der Waals surface area contributed by atoms with E-state index in [4.69, 9.17) is 4.74 Å². The molecule has 31 heavy (non-hydrogen) atoms. The Kier molecular flexibility index (Phi) is 5.67. The van der Waals surface area contributed by atoms with Gasteiger partial charge in [-0.2, -0.15) is 4.31 Å². The highest BCUT2D eigenvalue weighted by molar-refractivity contribution is 7.89. The Morgan fingerprint density at radius 3 is 2.68 bits per heavy atom. The van der Waals surface area contributed by atoms with Gasteiger partial charge in [0.15, 0.2) is 6.61 Å². The topological polar surface area (TPSA) is 118 Å². The summed E-state index contributed by atoms with van der Waals surface area (Å²) in [5, 5.41) is 5.52. The average Bonchev–Trinajstić information content (AvgIpc) is 2.74. The molecular weight excluding hydrogens is 420 g/mol. The first-order valence-electron chi connectivity index (χ1n) is 10.1. The van der Waals surface area contributed by atoms with Crippen LogP contribution in [0.15, 0.2) is 35.4 Å². The molecule has 0 spiro atoms. The fourth-order valence-electron chi connectivity index (χ4n) is 3.83. The second kappa shape index (κ2) is 8.27. The van der Waals surface area contributed by atoms with Gasteiger partial charge in [-0.1, -0.05) is 6.07 Å². The number of hydrogen-bond donors (Lipinski definition) is 2. The number of ether oxygens (including phenoxy) is 1. The lowest BCUT2D eigenvalue weighted by Gasteiger charge is -2.31. The molecule has 9 nitrogen and oxygen atoms in total. The summed E-state index contributed by atoms with van der Waals surface area (Å²) in [5.74, 6) is 0.163. The van der Waals surface area contributed by atoms with E-state index in [0.717, 1.165) is 5.56 Å². The zero-order valence-electron chi connectivity index (χ0n) is 17.3. The van der Waals surface area contributed by atoms with Crippen molar-refractivity contribution in [1.82, 2.24) is 9.29 Å². The van der Waals surface area contributed by atoms with Gasteiger partial charge < -0.3 is 15.4 Å². The summed E-state index contributed by atoms with van der Waals surface area (Å²) >= 11 is 0. The number of fused-ring (bicyclic) bond motifs is 1. The molecule has 2 aliphatic rings. The minimum atomic E-state index is -3.76. The fourth-order valence-corrected chi connectivity index (χ4v) is 5.52. The number of nitrogens with one attached hydrogen (secondary N) is 2. The molecule has 2 aromatic rings. The number of piperidine rings is 1. The van der Waals surface area contributed by atoms with Gasteiger partial charge in [0.1, 0.15) is 11.6 Å². The molecule has 1 saturated heterocycles. The number of carbonyl (C=O) groups excluding carboxylic acids is 2. The van der Waals surface area contributed by atoms with Gasteiger partial charge in [-0.15, -0.1) is 0 Å². The zero-order chi connectivity index (χ0) is 22.2. The van der Waals surface area contributed by atoms with Crippen molar-refractivity contribution in [3.8, 4) is 5.75 Å². The predicted molar refractivity (Wildman–Crippen MR) is 114 cm³/mol. The Morgan fingerprint density at radius 1 is 1.23 bits per heavy atom. The Morgan fingerprint density at radius 2 is 1.97 bits per heavy atom. The lowest BCUT2D eigenvalue weighted by Crippen LogP contribution is -2.41. The molecule has 2 amide bonds. The van der Waals surface area contributed by atoms with Crippen LogP contribution in [0, 0.1) is 19.8 Å². The Balaban J connectivity index is 1.45. The van der Waals surface area contributed by atoms with Crippen LogP contribution in [0.1, 0.15) is 24.0 Å². The zero-order valence-corrected chi connectivity index (χ0v) is 18.2. The number of hydrogen-bond acceptors (Lipinski definition) is 6. The standard InChI is InChI=1S/C21H24N4O5S/c1-13-4-3-7-22-20(13)24-21(27)15-5-8-25(9-6-15)31(28,29)18-11-17-16(10-14(18)2)23-19(26)12-30-17/h3-4,7,10-11,15H,5-6,8-9,12H2,1-2H3,(H,23,26)(H,22,24,27). The van der Waals surface area contributed by atoms with Crippen LogP contribution in [0.5, 0.6) is 5.75 Å². The van der Waals surface area contributed by atoms with E-state index < -0.39 is 10.0 Å². The SMILES string of the molecule is Cc1cc2c(cc1S(=O)(=O)N1CCC(C(=O)Nc3ncccc3C)CC1)OCC(=O)N2. The predicted octanol–water partition coefficient (Wildman–Crippen LogP) is 2.07. The number of aromatic nitrogens is 1. The number of benzene rings is 1. The van der Waals surface area contributed by atoms with Crippen molar-refractivity contribution >= 4 is 33.3 Å². The van der Waals surface area contributed by atoms with Crippen LogP contribution in [0.4, 0.5) is 11.5 Å². The number of amides is 2. The molecule has 1 aromatic carbocycles. The maximum Gasteiger partial charge on any atom is 0.262 e. The molecular formula is C21H24N4O5S. The van der Waals surface area contributed by atoms with E-state index in [2.05, 4.69) is 15.6 Å². The molecule has 0 bridgehead atoms. The van der Waals surface area contributed by atoms with E-state index in [9.17, 15) is 18.0 Å². The number of sulfonamides is 1. The number of rotatable bonds is 4. The molecule has 4 rings (SSSR count). The van der Waals surface area contributed by atoms with Crippen LogP contribution in [0.25, 0.3) is 0 Å². The van der Waals surface area contributed by atoms with Crippen LogP contribution in [-0.2, 0) is 19.6 Å². The Bertz CT molecular complexity index is 1140. The normalized spacial score (nSPS) is 17.4. The molecule has 0 radical (unpaired) electrons. The molecule has 2 aliphatic heterocycles. The first-order chi connectivity index (χ1) is 14.8. The molecule has 10 heteroatoms. The molecule has 1 aromatic heterocycles. The van der Waals surface area contributed by atoms with Gasteiger partial charge in [-0.25, -0.2) is 13.4 Å². The second-order valence-corrected chi connectivity index (χ2v) is 9.69. The third kappa shape index (κ3) is 4.26. The van der Waals surface area contributed by atoms with E-state index in [1.807, 2.05) is 13.0 Å². The summed E-state index contributed by atoms with van der Waals surface area (Å²) in [6.45, 7) is 3.90. The van der Waals surface area contributed by atoms with E-state index in [-0.39, 0.29) is 42.3 Å². The highest BCUT2D eigenvalue weighted by atomic mass is 32.2. The molecule has 2 N–H and O–H groups in total. The van der Waals surface area contributed by atoms with Gasteiger partial charge in [0, 0.05) is 31.3 Å². The van der Waals surface area contributed by atoms with Crippen LogP contribution in [0.3, 0.4) is 0 Å². The third-order valence-electron chi connectivity index (χ3n) is 5.60. The summed E-state index contributed by atoms with van der Waals surface area (Å²) in [6.07, 6.45) is 2.47. The molecule has 3 heterocycles. The molecule has 0 aliphatic carbocycles. The van der Waals surface area contributed by atoms with Crippen LogP contribution in [0.2, 0.25) is 0 Å². The number of carbonyl (C=O) groups is 2. The van der Waals surface area contributed by atoms with E-state index >= 15 is 0 Å². The Labute approximate surface area is 180 Å². The molecule has 0 unspecified atom stereocenters. The van der Waals surface area contributed by atoms with Crippen molar-refractivity contribution < 1.29 is 22.7 Å². The summed E-state index contributed by atoms with van der Waals surface area (Å²) in [4.78, 5) is 28.4. The van der Waals surface area contributed by atoms with Gasteiger partial charge in [0.05, 0.1) is 10.6 Å². The molecule has 0 atom stereocenters. The minimum Gasteiger partial charge on any atom is -0.482 e. The van der Waals surface area contributed by atoms with Crippen LogP contribution >= 0.6 is 0 Å². The fraction of sp³-hybridized carbons (Fsp3) is 0.381. The number of pyridine rings is 1. The smallest absolute Gasteiger partial charge is 0.262 e. The number of aryl methyl sites for hydroxylation is 2. The summed E-state index contributed by atoms with van der Waals surface area (Å²) in [5.41, 5.74) is 1.86. The molecule has 0 saturated carbocycles. The van der Waals surface area contributed by atoms with Gasteiger partial charge in [-0.05, 0) is 49.9 Å². The van der Waals surface area contributed by atoms with Crippen LogP contribution < -0.4 is 15.4 Å². The van der Waals surface area contributed by atoms with Gasteiger partial charge in [0.25, 0.3) is 5.91 Å². The maximum atomic E-state index is 13.2. The maximum absolute atomic E-state index is 13.2. The minimum absolute atomic E-state index is 0.145. The average molecular weight is 445 g/mol. The highest BCUT2D eigenvalue weighted by Crippen LogP contribution is 2.35. The monoisotopic (exact) mass is 444 g/mol. The van der Waals surface area contributed by atoms with Crippen molar-refractivity contribution in [2.75, 3.05) is 30.3 Å². The second-order valence-electron chi connectivity index (χ2n) is 7.79. The quantitative estimate of drug-likeness (QED) is 0.745. The third-order valence-corrected chi connectivity index (χ3v) is 7.64. The van der Waals surface area contributed by atoms with Gasteiger partial charge >= 0.3 is 0 Å². The van der Waals surface area contributed by atoms with Crippen LogP contribution in [-0.4, -0.2) is 49.2 Å². The summed E-state index contributed by atoms with van der Waals surface area (Å²) < 4.78 is 33.3. The summed E-state index contributed by atoms with van der Waals surface area (Å²) in [7, 11) is -3.76. The van der Waals surface area contributed by atoms with E-state index in [1.165, 1.54) is 10.4 Å². The van der Waals surface area contributed by atoms with E-state index in [0.29, 0.717) is 35.7 Å². The van der Waals surface area contributed by atoms with Crippen molar-refractivity contribution in [2.24, 2.45) is 5.92 Å². The lowest BCUT2D eigenvalue weighted by molar-refractivity contribution is -0.121. The molecule has 164 valence electrons. The van der Waals surface area contributed by atoms with Crippen molar-refractivity contribution in [2.45, 2.75) is 31.6 Å². The van der Waals surface area contributed by atoms with Gasteiger partial charge in [-0.3, -0.25) is 9.59 Å². The van der Waals surface area contributed by atoms with Crippen molar-refractivity contribution in [3.63, 3.8) is 0 Å². The number of nitrogens with zero attached hydrogens (tertiary/aromatic N) is 2. The van der Waals surface area contributed by atoms with E-state index in [1.54, 1.807) is 25.3 Å². The molecule has 1 fully saturated rings. The van der Waals surface area contributed by atoms with Gasteiger partial charge in [0.2, 0.25) is 15.9 Å². The Hall–Kier alpha value is -2.98. The largest absolute Gasteiger partial charge is 0.482 e. The van der Waals surface area contributed by atoms with Crippen molar-refractivity contribution in [1.29, 1.82) is 0 Å².